The molecule has 3 rings (SSSR count). The van der Waals surface area contributed by atoms with Crippen molar-refractivity contribution in [1.29, 1.82) is 0 Å². The first kappa shape index (κ1) is 12.0. The minimum absolute atomic E-state index is 0.0182. The summed E-state index contributed by atoms with van der Waals surface area (Å²) in [7, 11) is 0. The first-order valence-electron chi connectivity index (χ1n) is 5.79. The third-order valence-electron chi connectivity index (χ3n) is 3.16. The van der Waals surface area contributed by atoms with E-state index in [1.54, 1.807) is 11.6 Å². The van der Waals surface area contributed by atoms with Gasteiger partial charge in [-0.15, -0.1) is 0 Å². The van der Waals surface area contributed by atoms with Crippen LogP contribution in [0.2, 0.25) is 0 Å². The molecule has 2 aliphatic rings. The van der Waals surface area contributed by atoms with Crippen molar-refractivity contribution in [3.05, 3.63) is 10.2 Å². The van der Waals surface area contributed by atoms with Gasteiger partial charge in [0.05, 0.1) is 31.8 Å². The second-order valence-corrected chi connectivity index (χ2v) is 5.38. The van der Waals surface area contributed by atoms with Gasteiger partial charge in [0.1, 0.15) is 11.2 Å². The summed E-state index contributed by atoms with van der Waals surface area (Å²) in [6.45, 7) is 4.71. The quantitative estimate of drug-likeness (QED) is 0.768. The number of rotatable bonds is 2. The van der Waals surface area contributed by atoms with Gasteiger partial charge < -0.3 is 14.2 Å². The Bertz CT molecular complexity index is 495. The Kier molecular flexibility index (Phi) is 2.82. The van der Waals surface area contributed by atoms with E-state index in [0.29, 0.717) is 49.0 Å². The number of hydrogen-bond acceptors (Lipinski definition) is 5. The van der Waals surface area contributed by atoms with Crippen LogP contribution in [0, 0.1) is 5.41 Å². The molecule has 6 nitrogen and oxygen atoms in total. The highest BCUT2D eigenvalue weighted by molar-refractivity contribution is 9.10. The second kappa shape index (κ2) is 4.24. The van der Waals surface area contributed by atoms with Crippen LogP contribution in [0.5, 0.6) is 5.88 Å². The summed E-state index contributed by atoms with van der Waals surface area (Å²) in [6, 6.07) is 0. The molecule has 0 aromatic carbocycles. The average molecular weight is 317 g/mol. The Morgan fingerprint density at radius 3 is 2.94 bits per heavy atom. The number of esters is 1. The molecule has 0 saturated carbocycles. The van der Waals surface area contributed by atoms with Gasteiger partial charge in [0.15, 0.2) is 5.56 Å². The second-order valence-electron chi connectivity index (χ2n) is 4.63. The summed E-state index contributed by atoms with van der Waals surface area (Å²) in [4.78, 5) is 11.8. The summed E-state index contributed by atoms with van der Waals surface area (Å²) in [5.41, 5.74) is 0.386. The van der Waals surface area contributed by atoms with Gasteiger partial charge >= 0.3 is 5.97 Å². The van der Waals surface area contributed by atoms with Crippen LogP contribution in [0.15, 0.2) is 4.60 Å². The number of halogens is 1. The van der Waals surface area contributed by atoms with E-state index in [4.69, 9.17) is 14.2 Å². The zero-order valence-corrected chi connectivity index (χ0v) is 11.5. The van der Waals surface area contributed by atoms with Gasteiger partial charge in [-0.25, -0.2) is 9.48 Å². The average Bonchev–Trinajstić information content (AvgIpc) is 2.61. The highest BCUT2D eigenvalue weighted by Gasteiger charge is 2.45. The minimum Gasteiger partial charge on any atom is -0.476 e. The maximum Gasteiger partial charge on any atom is 0.346 e. The van der Waals surface area contributed by atoms with Crippen LogP contribution >= 0.6 is 15.9 Å². The Balaban J connectivity index is 1.92. The lowest BCUT2D eigenvalue weighted by molar-refractivity contribution is -0.154. The Morgan fingerprint density at radius 1 is 1.56 bits per heavy atom. The highest BCUT2D eigenvalue weighted by Crippen LogP contribution is 2.39. The van der Waals surface area contributed by atoms with E-state index in [-0.39, 0.29) is 5.41 Å². The van der Waals surface area contributed by atoms with Gasteiger partial charge in [0.2, 0.25) is 5.88 Å². The van der Waals surface area contributed by atoms with E-state index in [1.807, 2.05) is 0 Å². The van der Waals surface area contributed by atoms with E-state index < -0.39 is 5.97 Å². The number of ether oxygens (including phenoxy) is 3. The van der Waals surface area contributed by atoms with Crippen molar-refractivity contribution < 1.29 is 19.0 Å². The molecule has 0 radical (unpaired) electrons. The first-order valence-corrected chi connectivity index (χ1v) is 6.58. The van der Waals surface area contributed by atoms with Crippen molar-refractivity contribution in [3.63, 3.8) is 0 Å². The number of aromatic nitrogens is 2. The topological polar surface area (TPSA) is 62.6 Å². The third-order valence-corrected chi connectivity index (χ3v) is 3.71. The number of carbonyl (C=O) groups is 1. The normalized spacial score (nSPS) is 19.9. The fourth-order valence-corrected chi connectivity index (χ4v) is 2.72. The van der Waals surface area contributed by atoms with Crippen molar-refractivity contribution in [2.75, 3.05) is 26.4 Å². The van der Waals surface area contributed by atoms with Gasteiger partial charge in [-0.2, -0.15) is 5.10 Å². The highest BCUT2D eigenvalue weighted by atomic mass is 79.9. The molecule has 98 valence electrons. The molecule has 1 fully saturated rings. The van der Waals surface area contributed by atoms with Gasteiger partial charge in [0.25, 0.3) is 0 Å². The molecule has 2 aliphatic heterocycles. The molecule has 0 atom stereocenters. The molecule has 1 aromatic rings. The predicted octanol–water partition coefficient (Wildman–Crippen LogP) is 1.23. The van der Waals surface area contributed by atoms with E-state index in [9.17, 15) is 4.79 Å². The monoisotopic (exact) mass is 316 g/mol. The lowest BCUT2D eigenvalue weighted by atomic mass is 9.86. The number of carbonyl (C=O) groups excluding carboxylic acids is 1. The molecule has 0 aliphatic carbocycles. The minimum atomic E-state index is -0.411. The summed E-state index contributed by atoms with van der Waals surface area (Å²) in [5.74, 6) is 0.0734. The van der Waals surface area contributed by atoms with Crippen LogP contribution < -0.4 is 4.74 Å². The molecule has 1 saturated heterocycles. The van der Waals surface area contributed by atoms with Gasteiger partial charge in [-0.1, -0.05) is 0 Å². The SMILES string of the molecule is CCOC(=O)c1c(Br)nn2c1OCC1(COC1)C2. The Morgan fingerprint density at radius 2 is 2.33 bits per heavy atom. The molecule has 1 spiro atoms. The summed E-state index contributed by atoms with van der Waals surface area (Å²) >= 11 is 3.28. The standard InChI is InChI=1S/C11H13BrN2O4/c1-2-17-10(15)7-8(12)13-14-3-11(4-16-5-11)6-18-9(7)14/h2-6H2,1H3. The van der Waals surface area contributed by atoms with Crippen LogP contribution in [0.4, 0.5) is 0 Å². The summed E-state index contributed by atoms with van der Waals surface area (Å²) in [6.07, 6.45) is 0. The number of nitrogens with zero attached hydrogens (tertiary/aromatic N) is 2. The zero-order chi connectivity index (χ0) is 12.8. The lowest BCUT2D eigenvalue weighted by Gasteiger charge is -2.43. The molecule has 18 heavy (non-hydrogen) atoms. The maximum atomic E-state index is 11.8. The van der Waals surface area contributed by atoms with Crippen LogP contribution in [-0.4, -0.2) is 42.2 Å². The van der Waals surface area contributed by atoms with E-state index in [1.165, 1.54) is 0 Å². The van der Waals surface area contributed by atoms with E-state index in [2.05, 4.69) is 21.0 Å². The molecule has 0 N–H and O–H groups in total. The first-order chi connectivity index (χ1) is 8.65. The molecule has 0 bridgehead atoms. The Labute approximate surface area is 112 Å². The fraction of sp³-hybridized carbons (Fsp3) is 0.636. The van der Waals surface area contributed by atoms with Crippen LogP contribution in [0.1, 0.15) is 17.3 Å². The Hall–Kier alpha value is -1.08. The molecule has 1 aromatic heterocycles. The smallest absolute Gasteiger partial charge is 0.346 e. The molecule has 0 amide bonds. The molecule has 7 heteroatoms. The lowest BCUT2D eigenvalue weighted by Crippen LogP contribution is -2.52. The van der Waals surface area contributed by atoms with Crippen LogP contribution in [0.25, 0.3) is 0 Å². The third kappa shape index (κ3) is 1.73. The summed E-state index contributed by atoms with van der Waals surface area (Å²) in [5, 5.41) is 4.28. The summed E-state index contributed by atoms with van der Waals surface area (Å²) < 4.78 is 18.1. The molecular formula is C11H13BrN2O4. The van der Waals surface area contributed by atoms with E-state index >= 15 is 0 Å². The van der Waals surface area contributed by atoms with Crippen molar-refractivity contribution in [1.82, 2.24) is 9.78 Å². The molecule has 3 heterocycles. The fourth-order valence-electron chi connectivity index (χ4n) is 2.20. The zero-order valence-electron chi connectivity index (χ0n) is 9.94. The van der Waals surface area contributed by atoms with E-state index in [0.717, 1.165) is 0 Å². The number of fused-ring (bicyclic) bond motifs is 1. The number of hydrogen-bond donors (Lipinski definition) is 0. The largest absolute Gasteiger partial charge is 0.476 e. The van der Waals surface area contributed by atoms with Crippen LogP contribution in [-0.2, 0) is 16.0 Å². The predicted molar refractivity (Wildman–Crippen MR) is 64.6 cm³/mol. The van der Waals surface area contributed by atoms with Gasteiger partial charge in [-0.05, 0) is 22.9 Å². The maximum absolute atomic E-state index is 11.8. The van der Waals surface area contributed by atoms with Crippen molar-refractivity contribution in [2.45, 2.75) is 13.5 Å². The van der Waals surface area contributed by atoms with Gasteiger partial charge in [-0.3, -0.25) is 0 Å². The van der Waals surface area contributed by atoms with Crippen molar-refractivity contribution >= 4 is 21.9 Å². The van der Waals surface area contributed by atoms with Crippen LogP contribution in [0.3, 0.4) is 0 Å². The van der Waals surface area contributed by atoms with Crippen molar-refractivity contribution in [2.24, 2.45) is 5.41 Å². The van der Waals surface area contributed by atoms with Crippen molar-refractivity contribution in [3.8, 4) is 5.88 Å². The molecular weight excluding hydrogens is 304 g/mol. The van der Waals surface area contributed by atoms with Gasteiger partial charge in [0, 0.05) is 0 Å². The molecule has 0 unspecified atom stereocenters.